The molecule has 0 aliphatic rings. The summed E-state index contributed by atoms with van der Waals surface area (Å²) in [6.45, 7) is 3.51. The van der Waals surface area contributed by atoms with Crippen molar-refractivity contribution in [2.45, 2.75) is 71.1 Å². The Labute approximate surface area is 116 Å². The van der Waals surface area contributed by atoms with Gasteiger partial charge in [-0.1, -0.05) is 64.7 Å². The topological polar surface area (TPSA) is 52.6 Å². The van der Waals surface area contributed by atoms with Crippen molar-refractivity contribution in [3.05, 3.63) is 0 Å². The van der Waals surface area contributed by atoms with E-state index in [0.29, 0.717) is 6.61 Å². The van der Waals surface area contributed by atoms with Gasteiger partial charge in [0.2, 0.25) is 0 Å². The van der Waals surface area contributed by atoms with Gasteiger partial charge in [-0.05, 0) is 6.42 Å². The van der Waals surface area contributed by atoms with E-state index >= 15 is 0 Å². The predicted octanol–water partition coefficient (Wildman–Crippen LogP) is 3.53. The van der Waals surface area contributed by atoms with Crippen LogP contribution in [-0.2, 0) is 19.1 Å². The number of hydrogen-bond acceptors (Lipinski definition) is 4. The standard InChI is InChI=1S/C15H27O4/c1-2-3-4-5-6-7-8-9-10-11-12-19-15(17)13-18-14-16/h2-13H2,1H3. The molecule has 0 atom stereocenters. The number of ether oxygens (including phenoxy) is 2. The largest absolute Gasteiger partial charge is 0.463 e. The summed E-state index contributed by atoms with van der Waals surface area (Å²) in [7, 11) is 0. The van der Waals surface area contributed by atoms with E-state index in [1.165, 1.54) is 57.8 Å². The van der Waals surface area contributed by atoms with Crippen molar-refractivity contribution in [2.75, 3.05) is 13.2 Å². The van der Waals surface area contributed by atoms with Crippen molar-refractivity contribution in [1.29, 1.82) is 0 Å². The van der Waals surface area contributed by atoms with Crippen LogP contribution in [0.4, 0.5) is 0 Å². The first-order valence-electron chi connectivity index (χ1n) is 7.45. The van der Waals surface area contributed by atoms with E-state index in [0.717, 1.165) is 12.8 Å². The van der Waals surface area contributed by atoms with Gasteiger partial charge in [-0.25, -0.2) is 9.59 Å². The number of hydrogen-bond donors (Lipinski definition) is 0. The first-order chi connectivity index (χ1) is 9.31. The van der Waals surface area contributed by atoms with Crippen LogP contribution < -0.4 is 0 Å². The Morgan fingerprint density at radius 1 is 0.895 bits per heavy atom. The Morgan fingerprint density at radius 3 is 1.95 bits per heavy atom. The van der Waals surface area contributed by atoms with Crippen LogP contribution in [0, 0.1) is 0 Å². The number of carbonyl (C=O) groups excluding carboxylic acids is 2. The van der Waals surface area contributed by atoms with E-state index in [4.69, 9.17) is 4.74 Å². The predicted molar refractivity (Wildman–Crippen MR) is 74.4 cm³/mol. The lowest BCUT2D eigenvalue weighted by Gasteiger charge is -2.04. The first kappa shape index (κ1) is 17.9. The molecule has 0 aliphatic carbocycles. The average Bonchev–Trinajstić information content (AvgIpc) is 2.42. The molecule has 0 bridgehead atoms. The summed E-state index contributed by atoms with van der Waals surface area (Å²) < 4.78 is 9.04. The number of carbonyl (C=O) groups is 1. The fraction of sp³-hybridized carbons (Fsp3) is 0.867. The Hall–Kier alpha value is -1.06. The minimum atomic E-state index is -0.501. The molecular formula is C15H27O4. The molecule has 0 amide bonds. The molecule has 1 radical (unpaired) electrons. The van der Waals surface area contributed by atoms with Gasteiger partial charge in [-0.2, -0.15) is 0 Å². The summed E-state index contributed by atoms with van der Waals surface area (Å²) in [5.41, 5.74) is 0. The highest BCUT2D eigenvalue weighted by Gasteiger charge is 2.02. The summed E-state index contributed by atoms with van der Waals surface area (Å²) in [5, 5.41) is 0. The van der Waals surface area contributed by atoms with E-state index in [2.05, 4.69) is 11.7 Å². The highest BCUT2D eigenvalue weighted by molar-refractivity contribution is 5.71. The Kier molecular flexibility index (Phi) is 14.2. The zero-order valence-electron chi connectivity index (χ0n) is 12.1. The first-order valence-corrected chi connectivity index (χ1v) is 7.45. The van der Waals surface area contributed by atoms with Crippen molar-refractivity contribution < 1.29 is 19.1 Å². The van der Waals surface area contributed by atoms with Crippen LogP contribution in [0.3, 0.4) is 0 Å². The Balaban J connectivity index is 3.06. The van der Waals surface area contributed by atoms with Crippen molar-refractivity contribution in [2.24, 2.45) is 0 Å². The molecule has 0 heterocycles. The van der Waals surface area contributed by atoms with Crippen molar-refractivity contribution in [3.63, 3.8) is 0 Å². The molecule has 0 saturated carbocycles. The molecule has 0 unspecified atom stereocenters. The van der Waals surface area contributed by atoms with Gasteiger partial charge in [0.15, 0.2) is 6.61 Å². The summed E-state index contributed by atoms with van der Waals surface area (Å²) in [5.74, 6) is -0.501. The van der Waals surface area contributed by atoms with Crippen LogP contribution >= 0.6 is 0 Å². The van der Waals surface area contributed by atoms with Gasteiger partial charge >= 0.3 is 12.4 Å². The van der Waals surface area contributed by atoms with Crippen LogP contribution in [0.5, 0.6) is 0 Å². The lowest BCUT2D eigenvalue weighted by atomic mass is 10.1. The molecule has 0 aliphatic heterocycles. The second-order valence-corrected chi connectivity index (χ2v) is 4.77. The van der Waals surface area contributed by atoms with Gasteiger partial charge in [-0.15, -0.1) is 0 Å². The number of esters is 1. The zero-order valence-corrected chi connectivity index (χ0v) is 12.1. The van der Waals surface area contributed by atoms with Crippen molar-refractivity contribution >= 4 is 12.4 Å². The van der Waals surface area contributed by atoms with Gasteiger partial charge in [-0.3, -0.25) is 0 Å². The van der Waals surface area contributed by atoms with Gasteiger partial charge in [0.05, 0.1) is 6.61 Å². The summed E-state index contributed by atoms with van der Waals surface area (Å²) in [6, 6.07) is 0. The van der Waals surface area contributed by atoms with Gasteiger partial charge < -0.3 is 9.47 Å². The fourth-order valence-electron chi connectivity index (χ4n) is 1.91. The van der Waals surface area contributed by atoms with E-state index < -0.39 is 5.97 Å². The molecule has 0 aromatic heterocycles. The molecule has 0 N–H and O–H groups in total. The molecule has 0 spiro atoms. The van der Waals surface area contributed by atoms with Crippen LogP contribution in [0.1, 0.15) is 71.1 Å². The minimum Gasteiger partial charge on any atom is -0.463 e. The third-order valence-corrected chi connectivity index (χ3v) is 3.01. The molecule has 19 heavy (non-hydrogen) atoms. The fourth-order valence-corrected chi connectivity index (χ4v) is 1.91. The monoisotopic (exact) mass is 271 g/mol. The molecule has 0 aromatic carbocycles. The SMILES string of the molecule is CCCCCCCCCCCCOC(=O)CO[C]=O. The zero-order chi connectivity index (χ0) is 14.2. The van der Waals surface area contributed by atoms with E-state index in [-0.39, 0.29) is 6.61 Å². The quantitative estimate of drug-likeness (QED) is 0.358. The molecule has 4 nitrogen and oxygen atoms in total. The van der Waals surface area contributed by atoms with Crippen LogP contribution in [0.15, 0.2) is 0 Å². The maximum Gasteiger partial charge on any atom is 0.418 e. The van der Waals surface area contributed by atoms with Crippen LogP contribution in [0.2, 0.25) is 0 Å². The van der Waals surface area contributed by atoms with Crippen LogP contribution in [0.25, 0.3) is 0 Å². The molecule has 4 heteroatoms. The maximum atomic E-state index is 10.9. The minimum absolute atomic E-state index is 0.332. The van der Waals surface area contributed by atoms with Gasteiger partial charge in [0, 0.05) is 0 Å². The van der Waals surface area contributed by atoms with Crippen molar-refractivity contribution in [1.82, 2.24) is 0 Å². The molecule has 0 aromatic rings. The molecule has 0 fully saturated rings. The number of rotatable bonds is 14. The van der Waals surface area contributed by atoms with E-state index in [9.17, 15) is 9.59 Å². The molecule has 0 saturated heterocycles. The average molecular weight is 271 g/mol. The summed E-state index contributed by atoms with van der Waals surface area (Å²) >= 11 is 0. The third-order valence-electron chi connectivity index (χ3n) is 3.01. The second kappa shape index (κ2) is 15.0. The summed E-state index contributed by atoms with van der Waals surface area (Å²) in [6.07, 6.45) is 12.5. The highest BCUT2D eigenvalue weighted by atomic mass is 16.6. The lowest BCUT2D eigenvalue weighted by Crippen LogP contribution is -2.12. The highest BCUT2D eigenvalue weighted by Crippen LogP contribution is 2.10. The number of unbranched alkanes of at least 4 members (excludes halogenated alkanes) is 9. The van der Waals surface area contributed by atoms with E-state index in [1.54, 1.807) is 0 Å². The Morgan fingerprint density at radius 2 is 1.42 bits per heavy atom. The smallest absolute Gasteiger partial charge is 0.418 e. The third kappa shape index (κ3) is 14.9. The van der Waals surface area contributed by atoms with Gasteiger partial charge in [0.1, 0.15) is 0 Å². The van der Waals surface area contributed by atoms with Crippen LogP contribution in [-0.4, -0.2) is 25.7 Å². The van der Waals surface area contributed by atoms with E-state index in [1.807, 2.05) is 0 Å². The van der Waals surface area contributed by atoms with Crippen molar-refractivity contribution in [3.8, 4) is 0 Å². The molecule has 0 rings (SSSR count). The second-order valence-electron chi connectivity index (χ2n) is 4.77. The Bertz CT molecular complexity index is 216. The lowest BCUT2D eigenvalue weighted by molar-refractivity contribution is -0.146. The van der Waals surface area contributed by atoms with Gasteiger partial charge in [0.25, 0.3) is 0 Å². The maximum absolute atomic E-state index is 10.9. The molecular weight excluding hydrogens is 244 g/mol. The summed E-state index contributed by atoms with van der Waals surface area (Å²) in [4.78, 5) is 20.7. The molecule has 111 valence electrons. The normalized spacial score (nSPS) is 10.2.